The largest absolute Gasteiger partial charge is 0.586 e. The second-order valence-electron chi connectivity index (χ2n) is 34.6. The Bertz CT molecular complexity index is 6180. The molecule has 2 atom stereocenters. The second kappa shape index (κ2) is 45.6. The van der Waals surface area contributed by atoms with Crippen molar-refractivity contribution in [2.24, 2.45) is 0 Å². The molecule has 2 unspecified atom stereocenters. The summed E-state index contributed by atoms with van der Waals surface area (Å²) in [6, 6.07) is 109. The van der Waals surface area contributed by atoms with E-state index in [1.807, 2.05) is 169 Å². The van der Waals surface area contributed by atoms with Crippen LogP contribution in [0.3, 0.4) is 0 Å². The SMILES string of the molecule is CC(C)(C)c1cc(C(C)(C)C)c(OI)c(C(C)(C)C)c1.FC1(F)Oc2ccc(P(c3ccccc3)c3ccccc3)c(-c3c(P(c4ccccc4)c4ccccc4)ccc4c3OC(F)(F)O4)c2O1.Pc1ccc2c(c1-c1c(P)ccc3c1OCO3)OCO2.[Ar].[Ar].[Ar].[Ar].c1ccc(P(c2ccccc2)c2ccc3c(c2-c2c(P(c4ccccc4)c4ccccc4)ccc4c2OCO4)OCO3)cc1. The molecule has 15 aromatic rings. The van der Waals surface area contributed by atoms with Gasteiger partial charge in [0.05, 0.1) is 0 Å². The van der Waals surface area contributed by atoms with Crippen molar-refractivity contribution in [2.45, 2.75) is 91.1 Å². The van der Waals surface area contributed by atoms with Gasteiger partial charge in [-0.05, 0) is 188 Å². The van der Waals surface area contributed by atoms with E-state index in [0.717, 1.165) is 106 Å². The first-order valence-electron chi connectivity index (χ1n) is 42.9. The molecule has 0 saturated heterocycles. The molecule has 0 spiro atoms. The van der Waals surface area contributed by atoms with Gasteiger partial charge in [-0.15, -0.1) is 36.0 Å². The Morgan fingerprint density at radius 3 is 0.699 bits per heavy atom. The summed E-state index contributed by atoms with van der Waals surface area (Å²) < 4.78 is 133. The molecule has 0 bridgehead atoms. The zero-order chi connectivity index (χ0) is 91.8. The predicted molar refractivity (Wildman–Crippen MR) is 543 cm³/mol. The van der Waals surface area contributed by atoms with Gasteiger partial charge in [-0.25, -0.2) is 0 Å². The molecule has 0 fully saturated rings. The molecule has 6 heterocycles. The van der Waals surface area contributed by atoms with E-state index >= 15 is 0 Å². The van der Waals surface area contributed by atoms with Gasteiger partial charge in [0.1, 0.15) is 5.75 Å². The number of fused-ring (bicyclic) bond motifs is 6. The first-order chi connectivity index (χ1) is 63.7. The summed E-state index contributed by atoms with van der Waals surface area (Å²) in [5.41, 5.74) is 8.57. The van der Waals surface area contributed by atoms with Crippen molar-refractivity contribution in [3.05, 3.63) is 344 Å². The van der Waals surface area contributed by atoms with E-state index in [4.69, 9.17) is 59.9 Å². The Balaban J connectivity index is 0.000000154. The maximum Gasteiger partial charge on any atom is 0.586 e. The first-order valence-corrected chi connectivity index (χ1v) is 50.3. The fourth-order valence-electron chi connectivity index (χ4n) is 16.7. The quantitative estimate of drug-likeness (QED) is 0.0519. The maximum atomic E-state index is 15.0. The number of benzene rings is 15. The van der Waals surface area contributed by atoms with E-state index in [2.05, 4.69) is 239 Å². The summed E-state index contributed by atoms with van der Waals surface area (Å²) in [4.78, 5) is 0. The first kappa shape index (κ1) is 106. The van der Waals surface area contributed by atoms with Crippen molar-refractivity contribution in [2.75, 3.05) is 27.2 Å². The van der Waals surface area contributed by atoms with Crippen LogP contribution in [-0.2, 0) is 16.2 Å². The third-order valence-corrected chi connectivity index (χ3v) is 34.1. The van der Waals surface area contributed by atoms with Crippen molar-refractivity contribution in [1.29, 1.82) is 0 Å². The number of rotatable bonds is 16. The Morgan fingerprint density at radius 1 is 0.265 bits per heavy atom. The van der Waals surface area contributed by atoms with Gasteiger partial charge in [-0.2, -0.15) is 0 Å². The smallest absolute Gasteiger partial charge is 0.454 e. The normalized spacial score (nSPS) is 13.7. The van der Waals surface area contributed by atoms with Crippen LogP contribution in [0.15, 0.2) is 328 Å². The number of alkyl halides is 4. The Kier molecular flexibility index (Phi) is 35.4. The summed E-state index contributed by atoms with van der Waals surface area (Å²) in [6.07, 6.45) is -7.97. The van der Waals surface area contributed by atoms with Gasteiger partial charge in [-0.3, -0.25) is 0 Å². The third kappa shape index (κ3) is 22.8. The van der Waals surface area contributed by atoms with Gasteiger partial charge >= 0.3 is 12.6 Å². The molecule has 0 N–H and O–H groups in total. The Hall–Kier alpha value is -6.23. The van der Waals surface area contributed by atoms with Crippen molar-refractivity contribution >= 4 is 147 Å². The maximum absolute atomic E-state index is 15.0. The second-order valence-corrected chi connectivity index (χ2v) is 45.0. The predicted octanol–water partition coefficient (Wildman–Crippen LogP) is 22.0. The van der Waals surface area contributed by atoms with E-state index in [9.17, 15) is 17.6 Å². The molecule has 6 aliphatic heterocycles. The van der Waals surface area contributed by atoms with E-state index in [1.165, 1.54) is 60.7 Å². The van der Waals surface area contributed by atoms with E-state index < -0.39 is 44.3 Å². The van der Waals surface area contributed by atoms with Gasteiger partial charge in [0.25, 0.3) is 0 Å². The van der Waals surface area contributed by atoms with Gasteiger partial charge < -0.3 is 59.9 Å². The van der Waals surface area contributed by atoms with Crippen LogP contribution in [0.25, 0.3) is 33.4 Å². The molecule has 0 aromatic heterocycles. The van der Waals surface area contributed by atoms with Gasteiger partial charge in [-0.1, -0.05) is 329 Å². The summed E-state index contributed by atoms with van der Waals surface area (Å²) >= 11 is 2.02. The molecule has 0 radical (unpaired) electrons. The average Bonchev–Trinajstić information content (AvgIpc) is 1.50. The fourth-order valence-corrected chi connectivity index (χ4v) is 27.8. The van der Waals surface area contributed by atoms with E-state index in [0.29, 0.717) is 10.6 Å². The van der Waals surface area contributed by atoms with Crippen LogP contribution in [0.2, 0.25) is 0 Å². The van der Waals surface area contributed by atoms with Crippen LogP contribution in [0.4, 0.5) is 17.6 Å². The van der Waals surface area contributed by atoms with E-state index in [-0.39, 0.29) is 228 Å². The molecule has 21 rings (SSSR count). The van der Waals surface area contributed by atoms with Crippen LogP contribution >= 0.6 is 73.2 Å². The van der Waals surface area contributed by atoms with Crippen molar-refractivity contribution in [1.82, 2.24) is 0 Å². The minimum atomic E-state index is -3.99. The molecule has 6 aliphatic rings. The molecule has 28 heteroatoms. The number of hydrogen-bond acceptors (Lipinski definition) is 13. The Morgan fingerprint density at radius 2 is 0.478 bits per heavy atom. The molecule has 700 valence electrons. The molecule has 0 aliphatic carbocycles. The van der Waals surface area contributed by atoms with Crippen LogP contribution in [0, 0.1) is 151 Å². The molecule has 13 nitrogen and oxygen atoms in total. The standard InChI is InChI=1S/C38H24F4O4P2.C38H28O4P2.C18H29IO.C14H12O4P2.4Ar/c39-37(40)43-29-21-23-31(47(25-13-5-1-6-14-25)26-15-7-2-8-16-26)33(35(29)45-37)34-32(24-22-30-36(34)46-38(41,42)44-30)48(27-17-9-3-10-18-27)28-19-11-4-12-20-28;1-5-13-27(14-6-1)43(28-15-7-2-8-16-28)33-23-21-31-37(41-25-39-31)35(33)36-34(24-22-32-38(36)42-26-40-32)44(29-17-9-3-10-18-29)30-19-11-4-12-20-30;1-16(2,3)12-10-13(17(4,5)6)15(20-19)14(11-12)18(7,8)9;19-9-3-1-7-13(17-5-15-7)11(9)12-10(20)4-2-8-14(12)18-6-16-8;;;;/h1-24H;1-24H,25-26H2;10-11H,1-9H3;1-4H,5-6,19-20H2;;;;. The van der Waals surface area contributed by atoms with Crippen molar-refractivity contribution < 1.29 is 228 Å². The molecule has 0 amide bonds. The van der Waals surface area contributed by atoms with Crippen molar-refractivity contribution in [3.8, 4) is 108 Å². The van der Waals surface area contributed by atoms with Crippen LogP contribution in [0.1, 0.15) is 79.0 Å². The summed E-state index contributed by atoms with van der Waals surface area (Å²) in [5, 5.41) is 14.3. The van der Waals surface area contributed by atoms with Crippen LogP contribution in [0.5, 0.6) is 74.7 Å². The fraction of sp³-hybridized carbons (Fsp3) is 0.167. The number of ether oxygens (including phenoxy) is 12. The average molecular weight is 2150 g/mol. The zero-order valence-electron chi connectivity index (χ0n) is 75.1. The monoisotopic (exact) mass is 2150 g/mol. The Labute approximate surface area is 934 Å². The summed E-state index contributed by atoms with van der Waals surface area (Å²) in [7, 11) is 0.621. The topological polar surface area (TPSA) is 120 Å². The van der Waals surface area contributed by atoms with Crippen LogP contribution in [-0.4, -0.2) is 39.8 Å². The van der Waals surface area contributed by atoms with E-state index in [1.54, 1.807) is 12.1 Å². The molecule has 15 aromatic carbocycles. The molecule has 136 heavy (non-hydrogen) atoms. The van der Waals surface area contributed by atoms with Gasteiger partial charge in [0, 0.05) is 195 Å². The number of halogens is 5. The molecule has 0 saturated carbocycles. The van der Waals surface area contributed by atoms with Gasteiger partial charge in [0.15, 0.2) is 92.0 Å². The van der Waals surface area contributed by atoms with Crippen molar-refractivity contribution in [3.63, 3.8) is 0 Å². The number of hydrogen-bond donors (Lipinski definition) is 0. The zero-order valence-corrected chi connectivity index (χ0v) is 85.9. The van der Waals surface area contributed by atoms with Gasteiger partial charge in [0.2, 0.25) is 27.2 Å². The minimum absolute atomic E-state index is 0. The summed E-state index contributed by atoms with van der Waals surface area (Å²) in [6.45, 7) is 21.2. The molecular formula is C108H93Ar4F4IO13P6. The molecular weight excluding hydrogens is 2050 g/mol. The summed E-state index contributed by atoms with van der Waals surface area (Å²) in [5.74, 6) is 6.10. The van der Waals surface area contributed by atoms with Crippen LogP contribution < -0.4 is 134 Å². The third-order valence-electron chi connectivity index (χ3n) is 22.8. The minimum Gasteiger partial charge on any atom is -0.454 e.